The molecule has 3 rings (SSSR count). The molecular formula is C20H25N5O4. The highest BCUT2D eigenvalue weighted by Gasteiger charge is 2.39. The summed E-state index contributed by atoms with van der Waals surface area (Å²) in [5, 5.41) is 9.69. The lowest BCUT2D eigenvalue weighted by Crippen LogP contribution is -2.37. The Hall–Kier alpha value is -3.36. The molecule has 0 radical (unpaired) electrons. The Bertz CT molecular complexity index is 923. The minimum Gasteiger partial charge on any atom is -0.496 e. The lowest BCUT2D eigenvalue weighted by atomic mass is 10.1. The van der Waals surface area contributed by atoms with Crippen LogP contribution in [0.2, 0.25) is 0 Å². The van der Waals surface area contributed by atoms with E-state index in [1.165, 1.54) is 7.11 Å². The minimum atomic E-state index is -0.870. The number of carbonyl (C=O) groups is 3. The largest absolute Gasteiger partial charge is 0.496 e. The molecule has 0 bridgehead atoms. The molecule has 1 saturated heterocycles. The Morgan fingerprint density at radius 1 is 1.28 bits per heavy atom. The van der Waals surface area contributed by atoms with Crippen molar-refractivity contribution in [2.75, 3.05) is 13.7 Å². The van der Waals surface area contributed by atoms with Gasteiger partial charge in [-0.2, -0.15) is 5.10 Å². The fraction of sp³-hybridized carbons (Fsp3) is 0.400. The van der Waals surface area contributed by atoms with Gasteiger partial charge in [-0.15, -0.1) is 0 Å². The number of benzene rings is 1. The van der Waals surface area contributed by atoms with Gasteiger partial charge in [0.15, 0.2) is 0 Å². The predicted octanol–water partition coefficient (Wildman–Crippen LogP) is 1.14. The molecule has 1 aromatic carbocycles. The number of para-hydroxylation sites is 1. The molecule has 0 spiro atoms. The van der Waals surface area contributed by atoms with Crippen molar-refractivity contribution in [1.82, 2.24) is 25.3 Å². The molecule has 154 valence electrons. The Balaban J connectivity index is 1.52. The average Bonchev–Trinajstić information content (AvgIpc) is 3.14. The quantitative estimate of drug-likeness (QED) is 0.648. The summed E-state index contributed by atoms with van der Waals surface area (Å²) in [4.78, 5) is 38.2. The van der Waals surface area contributed by atoms with E-state index in [1.54, 1.807) is 12.1 Å². The molecule has 4 amide bonds. The summed E-state index contributed by atoms with van der Waals surface area (Å²) in [7, 11) is 1.53. The maximum Gasteiger partial charge on any atom is 0.325 e. The minimum absolute atomic E-state index is 0.0880. The van der Waals surface area contributed by atoms with Crippen molar-refractivity contribution in [2.24, 2.45) is 0 Å². The first-order chi connectivity index (χ1) is 13.9. The van der Waals surface area contributed by atoms with Crippen LogP contribution >= 0.6 is 0 Å². The number of imide groups is 1. The molecular weight excluding hydrogens is 374 g/mol. The van der Waals surface area contributed by atoms with Crippen molar-refractivity contribution in [2.45, 2.75) is 39.4 Å². The Kier molecular flexibility index (Phi) is 6.16. The summed E-state index contributed by atoms with van der Waals surface area (Å²) >= 11 is 0. The molecule has 1 fully saturated rings. The van der Waals surface area contributed by atoms with Crippen molar-refractivity contribution >= 4 is 17.8 Å². The molecule has 0 saturated carbocycles. The standard InChI is InChI=1S/C20H25N5O4/c1-13-10-14(2)25(23-13)9-8-21-18(26)11-16-19(27)24(20(28)22-16)12-15-6-4-5-7-17(15)29-3/h4-7,10,16H,8-9,11-12H2,1-3H3,(H,21,26)(H,22,28)/t16-/m1/s1. The SMILES string of the molecule is COc1ccccc1CN1C(=O)N[C@H](CC(=O)NCCn2nc(C)cc2C)C1=O. The molecule has 0 aliphatic carbocycles. The molecule has 9 heteroatoms. The van der Waals surface area contributed by atoms with Crippen molar-refractivity contribution in [3.8, 4) is 5.75 Å². The average molecular weight is 399 g/mol. The van der Waals surface area contributed by atoms with E-state index in [9.17, 15) is 14.4 Å². The molecule has 2 aromatic rings. The van der Waals surface area contributed by atoms with Crippen LogP contribution in [0.4, 0.5) is 4.79 Å². The highest BCUT2D eigenvalue weighted by atomic mass is 16.5. The highest BCUT2D eigenvalue weighted by Crippen LogP contribution is 2.21. The molecule has 1 aliphatic heterocycles. The van der Waals surface area contributed by atoms with Gasteiger partial charge in [-0.25, -0.2) is 4.79 Å². The summed E-state index contributed by atoms with van der Waals surface area (Å²) in [6.45, 7) is 4.87. The molecule has 2 N–H and O–H groups in total. The van der Waals surface area contributed by atoms with E-state index in [-0.39, 0.29) is 18.9 Å². The van der Waals surface area contributed by atoms with E-state index in [1.807, 2.05) is 36.7 Å². The third-order valence-electron chi connectivity index (χ3n) is 4.77. The van der Waals surface area contributed by atoms with E-state index in [0.29, 0.717) is 24.4 Å². The normalized spacial score (nSPS) is 16.1. The number of nitrogens with one attached hydrogen (secondary N) is 2. The molecule has 9 nitrogen and oxygen atoms in total. The van der Waals surface area contributed by atoms with E-state index < -0.39 is 18.0 Å². The highest BCUT2D eigenvalue weighted by molar-refractivity contribution is 6.05. The van der Waals surface area contributed by atoms with Crippen LogP contribution in [0.25, 0.3) is 0 Å². The summed E-state index contributed by atoms with van der Waals surface area (Å²) in [5.74, 6) is -0.127. The van der Waals surface area contributed by atoms with E-state index in [4.69, 9.17) is 4.74 Å². The number of urea groups is 1. The van der Waals surface area contributed by atoms with Crippen molar-refractivity contribution in [1.29, 1.82) is 0 Å². The van der Waals surface area contributed by atoms with Gasteiger partial charge in [-0.3, -0.25) is 19.2 Å². The van der Waals surface area contributed by atoms with Crippen LogP contribution in [-0.2, 0) is 22.7 Å². The van der Waals surface area contributed by atoms with Crippen LogP contribution in [0, 0.1) is 13.8 Å². The third-order valence-corrected chi connectivity index (χ3v) is 4.77. The molecule has 1 aromatic heterocycles. The number of ether oxygens (including phenoxy) is 1. The fourth-order valence-electron chi connectivity index (χ4n) is 3.33. The van der Waals surface area contributed by atoms with Gasteiger partial charge in [0.05, 0.1) is 32.3 Å². The van der Waals surface area contributed by atoms with Gasteiger partial charge in [0.25, 0.3) is 5.91 Å². The van der Waals surface area contributed by atoms with Crippen LogP contribution < -0.4 is 15.4 Å². The second-order valence-corrected chi connectivity index (χ2v) is 6.94. The van der Waals surface area contributed by atoms with Crippen LogP contribution in [0.3, 0.4) is 0 Å². The zero-order chi connectivity index (χ0) is 21.0. The van der Waals surface area contributed by atoms with Gasteiger partial charge in [0, 0.05) is 17.8 Å². The summed E-state index contributed by atoms with van der Waals surface area (Å²) in [6, 6.07) is 7.76. The van der Waals surface area contributed by atoms with Crippen LogP contribution in [0.15, 0.2) is 30.3 Å². The van der Waals surface area contributed by atoms with Gasteiger partial charge in [-0.05, 0) is 26.0 Å². The lowest BCUT2D eigenvalue weighted by Gasteiger charge is -2.15. The smallest absolute Gasteiger partial charge is 0.325 e. The molecule has 2 heterocycles. The third kappa shape index (κ3) is 4.74. The number of amides is 4. The van der Waals surface area contributed by atoms with Crippen molar-refractivity contribution < 1.29 is 19.1 Å². The number of aryl methyl sites for hydroxylation is 2. The predicted molar refractivity (Wildman–Crippen MR) is 105 cm³/mol. The maximum absolute atomic E-state index is 12.6. The van der Waals surface area contributed by atoms with Crippen LogP contribution in [-0.4, -0.2) is 52.2 Å². The summed E-state index contributed by atoms with van der Waals surface area (Å²) in [5.41, 5.74) is 2.65. The molecule has 1 aliphatic rings. The van der Waals surface area contributed by atoms with Gasteiger partial charge in [0.1, 0.15) is 11.8 Å². The second kappa shape index (κ2) is 8.76. The number of rotatable bonds is 8. The summed E-state index contributed by atoms with van der Waals surface area (Å²) in [6.07, 6.45) is -0.107. The number of hydrogen-bond donors (Lipinski definition) is 2. The van der Waals surface area contributed by atoms with Crippen LogP contribution in [0.1, 0.15) is 23.4 Å². The molecule has 1 atom stereocenters. The van der Waals surface area contributed by atoms with Crippen molar-refractivity contribution in [3.05, 3.63) is 47.3 Å². The Labute approximate surface area is 169 Å². The molecule has 29 heavy (non-hydrogen) atoms. The maximum atomic E-state index is 12.6. The van der Waals surface area contributed by atoms with E-state index in [0.717, 1.165) is 16.3 Å². The Morgan fingerprint density at radius 3 is 2.72 bits per heavy atom. The van der Waals surface area contributed by atoms with E-state index in [2.05, 4.69) is 15.7 Å². The summed E-state index contributed by atoms with van der Waals surface area (Å²) < 4.78 is 7.08. The fourth-order valence-corrected chi connectivity index (χ4v) is 3.33. The first kappa shape index (κ1) is 20.4. The number of nitrogens with zero attached hydrogens (tertiary/aromatic N) is 3. The van der Waals surface area contributed by atoms with Crippen LogP contribution in [0.5, 0.6) is 5.75 Å². The number of hydrogen-bond acceptors (Lipinski definition) is 5. The number of methoxy groups -OCH3 is 1. The monoisotopic (exact) mass is 399 g/mol. The molecule has 0 unspecified atom stereocenters. The van der Waals surface area contributed by atoms with Gasteiger partial charge < -0.3 is 15.4 Å². The second-order valence-electron chi connectivity index (χ2n) is 6.94. The number of aromatic nitrogens is 2. The van der Waals surface area contributed by atoms with Gasteiger partial charge >= 0.3 is 6.03 Å². The topological polar surface area (TPSA) is 106 Å². The van der Waals surface area contributed by atoms with Gasteiger partial charge in [0.2, 0.25) is 5.91 Å². The Morgan fingerprint density at radius 2 is 2.03 bits per heavy atom. The lowest BCUT2D eigenvalue weighted by molar-refractivity contribution is -0.131. The first-order valence-electron chi connectivity index (χ1n) is 9.40. The first-order valence-corrected chi connectivity index (χ1v) is 9.40. The zero-order valence-electron chi connectivity index (χ0n) is 16.8. The number of carbonyl (C=O) groups excluding carboxylic acids is 3. The van der Waals surface area contributed by atoms with Crippen molar-refractivity contribution in [3.63, 3.8) is 0 Å². The van der Waals surface area contributed by atoms with E-state index >= 15 is 0 Å². The zero-order valence-corrected chi connectivity index (χ0v) is 16.8. The van der Waals surface area contributed by atoms with Gasteiger partial charge in [-0.1, -0.05) is 18.2 Å².